The lowest BCUT2D eigenvalue weighted by Gasteiger charge is -2.32. The summed E-state index contributed by atoms with van der Waals surface area (Å²) in [5.41, 5.74) is 4.62. The molecule has 5 nitrogen and oxygen atoms in total. The van der Waals surface area contributed by atoms with Gasteiger partial charge < -0.3 is 13.7 Å². The number of alkyl halides is 1. The quantitative estimate of drug-likeness (QED) is 0.418. The van der Waals surface area contributed by atoms with Crippen LogP contribution in [0.3, 0.4) is 0 Å². The van der Waals surface area contributed by atoms with E-state index in [2.05, 4.69) is 27.0 Å². The monoisotopic (exact) mass is 452 g/mol. The Balaban J connectivity index is 1.80. The van der Waals surface area contributed by atoms with E-state index in [-0.39, 0.29) is 0 Å². The van der Waals surface area contributed by atoms with Crippen LogP contribution in [0.2, 0.25) is 0 Å². The zero-order chi connectivity index (χ0) is 21.0. The molecule has 0 unspecified atom stereocenters. The lowest BCUT2D eigenvalue weighted by molar-refractivity contribution is 0.00578. The predicted molar refractivity (Wildman–Crippen MR) is 117 cm³/mol. The average Bonchev–Trinajstić information content (AvgIpc) is 3.18. The highest BCUT2D eigenvalue weighted by atomic mass is 79.9. The molecular weight excluding hydrogens is 431 g/mol. The molecule has 29 heavy (non-hydrogen) atoms. The molecule has 1 fully saturated rings. The summed E-state index contributed by atoms with van der Waals surface area (Å²) in [6.45, 7) is 10.2. The van der Waals surface area contributed by atoms with Crippen LogP contribution < -0.4 is 5.46 Å². The first-order valence-corrected chi connectivity index (χ1v) is 10.6. The number of hydrogen-bond donors (Lipinski definition) is 0. The van der Waals surface area contributed by atoms with Gasteiger partial charge in [-0.2, -0.15) is 5.26 Å². The van der Waals surface area contributed by atoms with Gasteiger partial charge in [0.1, 0.15) is 11.6 Å². The molecule has 1 aliphatic heterocycles. The summed E-state index contributed by atoms with van der Waals surface area (Å²) in [5, 5.41) is 10.1. The van der Waals surface area contributed by atoms with Gasteiger partial charge in [-0.15, -0.1) is 0 Å². The number of nitriles is 1. The standard InChI is InChI=1S/C22H22BBrN2O3/c1-13-16(7-6-8-17(13)23-28-21(2,3)22(4,5)29-23)20-26-18-10-14(11-24)9-15(12-25)19(18)27-20/h6-10H,11H2,1-5H3. The van der Waals surface area contributed by atoms with E-state index in [9.17, 15) is 5.26 Å². The highest BCUT2D eigenvalue weighted by Gasteiger charge is 2.52. The summed E-state index contributed by atoms with van der Waals surface area (Å²) in [5.74, 6) is 0.485. The number of fused-ring (bicyclic) bond motifs is 1. The van der Waals surface area contributed by atoms with Crippen LogP contribution in [0.25, 0.3) is 22.6 Å². The molecule has 0 radical (unpaired) electrons. The Bertz CT molecular complexity index is 1130. The van der Waals surface area contributed by atoms with Crippen molar-refractivity contribution < 1.29 is 13.7 Å². The van der Waals surface area contributed by atoms with Crippen LogP contribution in [0.4, 0.5) is 0 Å². The third kappa shape index (κ3) is 3.29. The fraction of sp³-hybridized carbons (Fsp3) is 0.364. The van der Waals surface area contributed by atoms with Gasteiger partial charge in [-0.25, -0.2) is 4.98 Å². The van der Waals surface area contributed by atoms with Crippen molar-refractivity contribution in [1.82, 2.24) is 4.98 Å². The van der Waals surface area contributed by atoms with Crippen molar-refractivity contribution >= 4 is 39.6 Å². The lowest BCUT2D eigenvalue weighted by Crippen LogP contribution is -2.41. The minimum absolute atomic E-state index is 0.411. The van der Waals surface area contributed by atoms with Crippen LogP contribution in [-0.4, -0.2) is 23.3 Å². The molecule has 0 spiro atoms. The fourth-order valence-corrected chi connectivity index (χ4v) is 3.80. The molecule has 2 aromatic carbocycles. The molecule has 4 rings (SSSR count). The van der Waals surface area contributed by atoms with E-state index in [1.54, 1.807) is 0 Å². The van der Waals surface area contributed by atoms with Crippen molar-refractivity contribution in [3.63, 3.8) is 0 Å². The predicted octanol–water partition coefficient (Wildman–Crippen LogP) is 4.87. The molecule has 2 heterocycles. The van der Waals surface area contributed by atoms with E-state index < -0.39 is 18.3 Å². The SMILES string of the molecule is Cc1c(B2OC(C)(C)C(C)(C)O2)cccc1-c1nc2cc(CBr)cc(C#N)c2o1. The van der Waals surface area contributed by atoms with Crippen molar-refractivity contribution in [2.24, 2.45) is 0 Å². The molecule has 0 bridgehead atoms. The second-order valence-corrected chi connectivity index (χ2v) is 8.92. The highest BCUT2D eigenvalue weighted by Crippen LogP contribution is 2.37. The van der Waals surface area contributed by atoms with Gasteiger partial charge in [0, 0.05) is 10.9 Å². The van der Waals surface area contributed by atoms with Crippen molar-refractivity contribution in [2.75, 3.05) is 0 Å². The van der Waals surface area contributed by atoms with Crippen molar-refractivity contribution in [2.45, 2.75) is 51.2 Å². The van der Waals surface area contributed by atoms with E-state index in [0.717, 1.165) is 22.2 Å². The molecule has 1 saturated heterocycles. The van der Waals surface area contributed by atoms with Crippen LogP contribution in [0.1, 0.15) is 44.4 Å². The van der Waals surface area contributed by atoms with Gasteiger partial charge >= 0.3 is 7.12 Å². The van der Waals surface area contributed by atoms with Crippen LogP contribution >= 0.6 is 15.9 Å². The lowest BCUT2D eigenvalue weighted by atomic mass is 9.75. The zero-order valence-electron chi connectivity index (χ0n) is 17.2. The second kappa shape index (κ2) is 6.98. The summed E-state index contributed by atoms with van der Waals surface area (Å²) in [4.78, 5) is 4.67. The number of halogens is 1. The number of nitrogens with zero attached hydrogens (tertiary/aromatic N) is 2. The van der Waals surface area contributed by atoms with Crippen LogP contribution in [-0.2, 0) is 14.6 Å². The topological polar surface area (TPSA) is 68.3 Å². The highest BCUT2D eigenvalue weighted by molar-refractivity contribution is 9.08. The number of benzene rings is 2. The number of rotatable bonds is 3. The normalized spacial score (nSPS) is 17.6. The zero-order valence-corrected chi connectivity index (χ0v) is 18.8. The molecule has 148 valence electrons. The molecule has 7 heteroatoms. The van der Waals surface area contributed by atoms with Gasteiger partial charge in [-0.1, -0.05) is 28.1 Å². The number of aromatic nitrogens is 1. The Kier molecular flexibility index (Phi) is 4.85. The molecule has 0 N–H and O–H groups in total. The number of hydrogen-bond acceptors (Lipinski definition) is 5. The van der Waals surface area contributed by atoms with Gasteiger partial charge in [-0.05, 0) is 69.4 Å². The van der Waals surface area contributed by atoms with E-state index in [1.807, 2.05) is 65.0 Å². The maximum atomic E-state index is 9.49. The first-order chi connectivity index (χ1) is 13.7. The van der Waals surface area contributed by atoms with Gasteiger partial charge in [0.25, 0.3) is 0 Å². The molecule has 0 amide bonds. The molecule has 1 aromatic heterocycles. The van der Waals surface area contributed by atoms with Crippen molar-refractivity contribution in [3.05, 3.63) is 47.0 Å². The fourth-order valence-electron chi connectivity index (χ4n) is 3.48. The second-order valence-electron chi connectivity index (χ2n) is 8.36. The minimum atomic E-state index is -0.459. The Morgan fingerprint density at radius 1 is 1.14 bits per heavy atom. The summed E-state index contributed by atoms with van der Waals surface area (Å²) in [6, 6.07) is 11.9. The molecule has 0 atom stereocenters. The molecule has 1 aliphatic rings. The molecule has 3 aromatic rings. The third-order valence-corrected chi connectivity index (χ3v) is 6.59. The van der Waals surface area contributed by atoms with Gasteiger partial charge in [0.05, 0.1) is 16.8 Å². The first kappa shape index (κ1) is 20.2. The van der Waals surface area contributed by atoms with Crippen LogP contribution in [0, 0.1) is 18.3 Å². The number of oxazole rings is 1. The van der Waals surface area contributed by atoms with Gasteiger partial charge in [0.15, 0.2) is 5.58 Å². The smallest absolute Gasteiger partial charge is 0.435 e. The van der Waals surface area contributed by atoms with E-state index in [1.165, 1.54) is 0 Å². The molecule has 0 aliphatic carbocycles. The summed E-state index contributed by atoms with van der Waals surface area (Å²) in [7, 11) is -0.459. The minimum Gasteiger partial charge on any atom is -0.435 e. The average molecular weight is 453 g/mol. The first-order valence-electron chi connectivity index (χ1n) is 9.52. The Labute approximate surface area is 179 Å². The molecule has 0 saturated carbocycles. The van der Waals surface area contributed by atoms with Gasteiger partial charge in [-0.3, -0.25) is 0 Å². The maximum Gasteiger partial charge on any atom is 0.495 e. The Morgan fingerprint density at radius 3 is 2.45 bits per heavy atom. The Morgan fingerprint density at radius 2 is 1.83 bits per heavy atom. The van der Waals surface area contributed by atoms with Crippen molar-refractivity contribution in [1.29, 1.82) is 5.26 Å². The van der Waals surface area contributed by atoms with E-state index in [0.29, 0.717) is 27.9 Å². The summed E-state index contributed by atoms with van der Waals surface area (Å²) >= 11 is 3.44. The summed E-state index contributed by atoms with van der Waals surface area (Å²) in [6.07, 6.45) is 0. The Hall–Kier alpha value is -2.14. The van der Waals surface area contributed by atoms with Crippen molar-refractivity contribution in [3.8, 4) is 17.5 Å². The third-order valence-electron chi connectivity index (χ3n) is 5.94. The maximum absolute atomic E-state index is 9.49. The molecular formula is C22H22BBrN2O3. The largest absolute Gasteiger partial charge is 0.495 e. The van der Waals surface area contributed by atoms with Crippen LogP contribution in [0.15, 0.2) is 34.7 Å². The summed E-state index contributed by atoms with van der Waals surface area (Å²) < 4.78 is 18.5. The van der Waals surface area contributed by atoms with Crippen LogP contribution in [0.5, 0.6) is 0 Å². The van der Waals surface area contributed by atoms with Gasteiger partial charge in [0.2, 0.25) is 5.89 Å². The van der Waals surface area contributed by atoms with E-state index in [4.69, 9.17) is 13.7 Å². The van der Waals surface area contributed by atoms with E-state index >= 15 is 0 Å².